The van der Waals surface area contributed by atoms with E-state index < -0.39 is 0 Å². The molecular weight excluding hydrogens is 232 g/mol. The van der Waals surface area contributed by atoms with Gasteiger partial charge in [-0.3, -0.25) is 4.79 Å². The Balaban J connectivity index is 1.81. The highest BCUT2D eigenvalue weighted by molar-refractivity contribution is 5.49. The van der Waals surface area contributed by atoms with Crippen LogP contribution < -0.4 is 15.6 Å². The summed E-state index contributed by atoms with van der Waals surface area (Å²) < 4.78 is 5.12. The second-order valence-electron chi connectivity index (χ2n) is 5.00. The molecule has 0 radical (unpaired) electrons. The van der Waals surface area contributed by atoms with Gasteiger partial charge in [0.1, 0.15) is 0 Å². The molecule has 3 aliphatic heterocycles. The number of aromatic nitrogens is 2. The van der Waals surface area contributed by atoms with Crippen molar-refractivity contribution in [1.82, 2.24) is 14.9 Å². The normalized spacial score (nSPS) is 30.2. The quantitative estimate of drug-likeness (QED) is 0.806. The van der Waals surface area contributed by atoms with Crippen LogP contribution in [0.25, 0.3) is 0 Å². The van der Waals surface area contributed by atoms with E-state index in [9.17, 15) is 4.79 Å². The smallest absolute Gasteiger partial charge is 0.295 e. The van der Waals surface area contributed by atoms with E-state index in [0.29, 0.717) is 17.8 Å². The summed E-state index contributed by atoms with van der Waals surface area (Å²) in [5.41, 5.74) is -0.240. The molecule has 3 aliphatic rings. The summed E-state index contributed by atoms with van der Waals surface area (Å²) in [7, 11) is 1.49. The zero-order chi connectivity index (χ0) is 12.5. The van der Waals surface area contributed by atoms with Crippen LogP contribution in [0.15, 0.2) is 11.1 Å². The summed E-state index contributed by atoms with van der Waals surface area (Å²) in [5, 5.41) is 3.37. The van der Waals surface area contributed by atoms with Gasteiger partial charge in [-0.25, -0.2) is 4.98 Å². The van der Waals surface area contributed by atoms with E-state index in [-0.39, 0.29) is 11.3 Å². The standard InChI is InChI=1S/C12H18N4O2/c1-18-10-11(13-7-14-12(10)17)15-9-6-16-4-2-8(9)3-5-16/h7-9H,2-6H2,1H3,(H2,13,14,15,17). The molecule has 4 rings (SSSR count). The predicted octanol–water partition coefficient (Wildman–Crippen LogP) is 0.285. The van der Waals surface area contributed by atoms with Crippen molar-refractivity contribution < 1.29 is 4.74 Å². The van der Waals surface area contributed by atoms with Crippen LogP contribution in [0.1, 0.15) is 12.8 Å². The molecule has 0 aliphatic carbocycles. The molecular formula is C12H18N4O2. The third-order valence-electron chi connectivity index (χ3n) is 3.99. The molecule has 1 atom stereocenters. The van der Waals surface area contributed by atoms with Crippen molar-refractivity contribution in [2.24, 2.45) is 5.92 Å². The van der Waals surface area contributed by atoms with E-state index in [4.69, 9.17) is 4.74 Å². The number of nitrogens with one attached hydrogen (secondary N) is 2. The van der Waals surface area contributed by atoms with Crippen molar-refractivity contribution in [3.05, 3.63) is 16.7 Å². The number of hydrogen-bond donors (Lipinski definition) is 2. The first-order valence-corrected chi connectivity index (χ1v) is 6.38. The van der Waals surface area contributed by atoms with Gasteiger partial charge in [0.2, 0.25) is 5.75 Å². The molecule has 2 bridgehead atoms. The maximum absolute atomic E-state index is 11.6. The van der Waals surface area contributed by atoms with Gasteiger partial charge in [0.05, 0.1) is 13.4 Å². The molecule has 1 aromatic heterocycles. The van der Waals surface area contributed by atoms with Crippen LogP contribution in [0.4, 0.5) is 5.82 Å². The van der Waals surface area contributed by atoms with E-state index in [0.717, 1.165) is 6.54 Å². The van der Waals surface area contributed by atoms with Crippen LogP contribution in [0.5, 0.6) is 5.75 Å². The lowest BCUT2D eigenvalue weighted by atomic mass is 9.84. The number of methoxy groups -OCH3 is 1. The molecule has 1 aromatic rings. The van der Waals surface area contributed by atoms with E-state index in [1.54, 1.807) is 0 Å². The molecule has 0 amide bonds. The number of aromatic amines is 1. The van der Waals surface area contributed by atoms with Gasteiger partial charge in [0.25, 0.3) is 5.56 Å². The fourth-order valence-electron chi connectivity index (χ4n) is 2.98. The number of ether oxygens (including phenoxy) is 1. The first kappa shape index (κ1) is 11.5. The van der Waals surface area contributed by atoms with Gasteiger partial charge < -0.3 is 19.9 Å². The molecule has 3 saturated heterocycles. The molecule has 98 valence electrons. The lowest BCUT2D eigenvalue weighted by molar-refractivity contribution is 0.0972. The fourth-order valence-corrected chi connectivity index (χ4v) is 2.98. The Morgan fingerprint density at radius 2 is 2.28 bits per heavy atom. The molecule has 0 spiro atoms. The summed E-state index contributed by atoms with van der Waals surface area (Å²) in [6, 6.07) is 0.371. The second kappa shape index (κ2) is 4.61. The summed E-state index contributed by atoms with van der Waals surface area (Å²) in [5.74, 6) is 1.51. The van der Waals surface area contributed by atoms with Gasteiger partial charge in [0, 0.05) is 12.6 Å². The SMILES string of the molecule is COc1c(NC2CN3CCC2CC3)nc[nH]c1=O. The third-order valence-corrected chi connectivity index (χ3v) is 3.99. The molecule has 6 nitrogen and oxygen atoms in total. The van der Waals surface area contributed by atoms with Crippen molar-refractivity contribution in [3.63, 3.8) is 0 Å². The van der Waals surface area contributed by atoms with E-state index >= 15 is 0 Å². The van der Waals surface area contributed by atoms with Crippen LogP contribution in [0.3, 0.4) is 0 Å². The number of H-pyrrole nitrogens is 1. The average Bonchev–Trinajstić information content (AvgIpc) is 2.40. The molecule has 1 unspecified atom stereocenters. The van der Waals surface area contributed by atoms with E-state index in [2.05, 4.69) is 20.2 Å². The molecule has 4 heterocycles. The molecule has 0 saturated carbocycles. The zero-order valence-electron chi connectivity index (χ0n) is 10.5. The number of fused-ring (bicyclic) bond motifs is 3. The number of rotatable bonds is 3. The van der Waals surface area contributed by atoms with Crippen LogP contribution in [0.2, 0.25) is 0 Å². The molecule has 0 aromatic carbocycles. The largest absolute Gasteiger partial charge is 0.489 e. The monoisotopic (exact) mass is 250 g/mol. The number of anilines is 1. The number of piperidine rings is 3. The summed E-state index contributed by atoms with van der Waals surface area (Å²) in [4.78, 5) is 20.8. The van der Waals surface area contributed by atoms with Crippen LogP contribution in [0, 0.1) is 5.92 Å². The Morgan fingerprint density at radius 1 is 1.50 bits per heavy atom. The lowest BCUT2D eigenvalue weighted by Crippen LogP contribution is -2.53. The first-order chi connectivity index (χ1) is 8.78. The highest BCUT2D eigenvalue weighted by Crippen LogP contribution is 2.30. The Bertz CT molecular complexity index is 479. The topological polar surface area (TPSA) is 70.2 Å². The van der Waals surface area contributed by atoms with Crippen molar-refractivity contribution in [2.45, 2.75) is 18.9 Å². The lowest BCUT2D eigenvalue weighted by Gasteiger charge is -2.45. The van der Waals surface area contributed by atoms with Crippen molar-refractivity contribution >= 4 is 5.82 Å². The van der Waals surface area contributed by atoms with Crippen molar-refractivity contribution in [1.29, 1.82) is 0 Å². The van der Waals surface area contributed by atoms with Gasteiger partial charge in [0.15, 0.2) is 5.82 Å². The molecule has 2 N–H and O–H groups in total. The maximum Gasteiger partial charge on any atom is 0.295 e. The van der Waals surface area contributed by atoms with Crippen LogP contribution in [-0.2, 0) is 0 Å². The minimum Gasteiger partial charge on any atom is -0.489 e. The highest BCUT2D eigenvalue weighted by atomic mass is 16.5. The summed E-state index contributed by atoms with van der Waals surface area (Å²) >= 11 is 0. The van der Waals surface area contributed by atoms with E-state index in [1.807, 2.05) is 0 Å². The Kier molecular flexibility index (Phi) is 2.95. The Morgan fingerprint density at radius 3 is 2.89 bits per heavy atom. The zero-order valence-corrected chi connectivity index (χ0v) is 10.5. The minimum atomic E-state index is -0.240. The Labute approximate surface area is 105 Å². The predicted molar refractivity (Wildman–Crippen MR) is 68.0 cm³/mol. The van der Waals surface area contributed by atoms with Crippen LogP contribution in [-0.4, -0.2) is 47.7 Å². The van der Waals surface area contributed by atoms with Gasteiger partial charge in [-0.05, 0) is 31.8 Å². The Hall–Kier alpha value is -1.56. The first-order valence-electron chi connectivity index (χ1n) is 6.38. The molecule has 18 heavy (non-hydrogen) atoms. The summed E-state index contributed by atoms with van der Waals surface area (Å²) in [6.45, 7) is 3.42. The van der Waals surface area contributed by atoms with Gasteiger partial charge in [-0.2, -0.15) is 0 Å². The van der Waals surface area contributed by atoms with Gasteiger partial charge in [-0.15, -0.1) is 0 Å². The van der Waals surface area contributed by atoms with E-state index in [1.165, 1.54) is 39.4 Å². The highest BCUT2D eigenvalue weighted by Gasteiger charge is 2.34. The number of nitrogens with zero attached hydrogens (tertiary/aromatic N) is 2. The average molecular weight is 250 g/mol. The minimum absolute atomic E-state index is 0.240. The fraction of sp³-hybridized carbons (Fsp3) is 0.667. The second-order valence-corrected chi connectivity index (χ2v) is 5.00. The molecule has 3 fully saturated rings. The van der Waals surface area contributed by atoms with Crippen molar-refractivity contribution in [3.8, 4) is 5.75 Å². The van der Waals surface area contributed by atoms with Gasteiger partial charge >= 0.3 is 0 Å². The van der Waals surface area contributed by atoms with Crippen LogP contribution >= 0.6 is 0 Å². The molecule has 6 heteroatoms. The van der Waals surface area contributed by atoms with Crippen molar-refractivity contribution in [2.75, 3.05) is 32.1 Å². The van der Waals surface area contributed by atoms with Gasteiger partial charge in [-0.1, -0.05) is 0 Å². The number of hydrogen-bond acceptors (Lipinski definition) is 5. The maximum atomic E-state index is 11.6. The third kappa shape index (κ3) is 1.96. The summed E-state index contributed by atoms with van der Waals surface area (Å²) in [6.07, 6.45) is 3.86.